The lowest BCUT2D eigenvalue weighted by molar-refractivity contribution is -0.121. The Hall–Kier alpha value is -1.88. The summed E-state index contributed by atoms with van der Waals surface area (Å²) in [4.78, 5) is 24.1. The van der Waals surface area contributed by atoms with Crippen LogP contribution in [0.2, 0.25) is 0 Å². The molecule has 126 valence electrons. The number of nitrogens with one attached hydrogen (secondary N) is 2. The summed E-state index contributed by atoms with van der Waals surface area (Å²) in [5, 5.41) is 14.7. The second kappa shape index (κ2) is 8.11. The van der Waals surface area contributed by atoms with Crippen molar-refractivity contribution in [1.29, 1.82) is 0 Å². The van der Waals surface area contributed by atoms with Crippen LogP contribution in [0.3, 0.4) is 0 Å². The van der Waals surface area contributed by atoms with Gasteiger partial charge in [0.15, 0.2) is 0 Å². The molecule has 0 spiro atoms. The third kappa shape index (κ3) is 5.36. The van der Waals surface area contributed by atoms with Gasteiger partial charge in [0.2, 0.25) is 5.91 Å². The molecule has 0 heterocycles. The lowest BCUT2D eigenvalue weighted by atomic mass is 9.86. The van der Waals surface area contributed by atoms with Crippen LogP contribution in [-0.2, 0) is 4.79 Å². The summed E-state index contributed by atoms with van der Waals surface area (Å²) >= 11 is 0. The molecule has 23 heavy (non-hydrogen) atoms. The second-order valence-electron chi connectivity index (χ2n) is 6.53. The van der Waals surface area contributed by atoms with Crippen molar-refractivity contribution in [2.75, 3.05) is 13.2 Å². The van der Waals surface area contributed by atoms with Crippen LogP contribution in [0, 0.1) is 19.8 Å². The Balaban J connectivity index is 1.77. The van der Waals surface area contributed by atoms with E-state index in [9.17, 15) is 9.59 Å². The Morgan fingerprint density at radius 2 is 1.70 bits per heavy atom. The average Bonchev–Trinajstić information content (AvgIpc) is 2.52. The molecular formula is C18H26N2O3. The van der Waals surface area contributed by atoms with Crippen molar-refractivity contribution in [2.24, 2.45) is 5.92 Å². The van der Waals surface area contributed by atoms with E-state index in [0.29, 0.717) is 11.5 Å². The molecule has 1 aliphatic carbocycles. The van der Waals surface area contributed by atoms with Gasteiger partial charge >= 0.3 is 0 Å². The molecule has 2 amide bonds. The van der Waals surface area contributed by atoms with E-state index >= 15 is 0 Å². The zero-order chi connectivity index (χ0) is 16.8. The molecule has 1 fully saturated rings. The van der Waals surface area contributed by atoms with Gasteiger partial charge in [-0.3, -0.25) is 9.59 Å². The summed E-state index contributed by atoms with van der Waals surface area (Å²) in [5.74, 6) is -0.0153. The minimum absolute atomic E-state index is 0.00818. The van der Waals surface area contributed by atoms with Gasteiger partial charge in [-0.2, -0.15) is 0 Å². The van der Waals surface area contributed by atoms with Crippen LogP contribution in [0.25, 0.3) is 0 Å². The first-order chi connectivity index (χ1) is 11.0. The molecule has 1 aromatic rings. The van der Waals surface area contributed by atoms with Crippen molar-refractivity contribution in [2.45, 2.75) is 45.6 Å². The molecular weight excluding hydrogens is 292 g/mol. The van der Waals surface area contributed by atoms with Crippen molar-refractivity contribution in [1.82, 2.24) is 10.6 Å². The fourth-order valence-electron chi connectivity index (χ4n) is 3.14. The smallest absolute Gasteiger partial charge is 0.251 e. The standard InChI is InChI=1S/C18H26N2O3/c1-12-7-13(2)9-15(8-12)18(23)19-10-17(22)20-16-5-3-14(11-21)4-6-16/h7-9,14,16,21H,3-6,10-11H2,1-2H3,(H,19,23)(H,20,22). The molecule has 0 radical (unpaired) electrons. The summed E-state index contributed by atoms with van der Waals surface area (Å²) in [5.41, 5.74) is 2.64. The molecule has 1 aliphatic rings. The normalized spacial score (nSPS) is 20.8. The van der Waals surface area contributed by atoms with Gasteiger partial charge in [-0.25, -0.2) is 0 Å². The maximum Gasteiger partial charge on any atom is 0.251 e. The Morgan fingerprint density at radius 1 is 1.09 bits per heavy atom. The minimum Gasteiger partial charge on any atom is -0.396 e. The van der Waals surface area contributed by atoms with Crippen molar-refractivity contribution >= 4 is 11.8 Å². The Kier molecular flexibility index (Phi) is 6.16. The van der Waals surface area contributed by atoms with Crippen molar-refractivity contribution in [3.63, 3.8) is 0 Å². The zero-order valence-electron chi connectivity index (χ0n) is 13.9. The summed E-state index contributed by atoms with van der Waals surface area (Å²) in [6.07, 6.45) is 3.66. The lowest BCUT2D eigenvalue weighted by Crippen LogP contribution is -2.43. The molecule has 2 rings (SSSR count). The predicted molar refractivity (Wildman–Crippen MR) is 89.2 cm³/mol. The van der Waals surface area contributed by atoms with E-state index in [0.717, 1.165) is 36.8 Å². The van der Waals surface area contributed by atoms with Crippen LogP contribution in [0.5, 0.6) is 0 Å². The average molecular weight is 318 g/mol. The molecule has 5 heteroatoms. The Labute approximate surface area is 137 Å². The Morgan fingerprint density at radius 3 is 2.26 bits per heavy atom. The first kappa shape index (κ1) is 17.5. The largest absolute Gasteiger partial charge is 0.396 e. The van der Waals surface area contributed by atoms with Crippen LogP contribution in [0.4, 0.5) is 0 Å². The summed E-state index contributed by atoms with van der Waals surface area (Å²) in [6, 6.07) is 5.79. The number of benzene rings is 1. The molecule has 5 nitrogen and oxygen atoms in total. The van der Waals surface area contributed by atoms with Crippen molar-refractivity contribution in [3.8, 4) is 0 Å². The van der Waals surface area contributed by atoms with Crippen molar-refractivity contribution in [3.05, 3.63) is 34.9 Å². The number of hydrogen-bond acceptors (Lipinski definition) is 3. The van der Waals surface area contributed by atoms with Crippen LogP contribution in [0.1, 0.15) is 47.2 Å². The highest BCUT2D eigenvalue weighted by Gasteiger charge is 2.21. The summed E-state index contributed by atoms with van der Waals surface area (Å²) in [6.45, 7) is 4.11. The van der Waals surface area contributed by atoms with Gasteiger partial charge in [0.1, 0.15) is 0 Å². The number of aliphatic hydroxyl groups excluding tert-OH is 1. The molecule has 0 saturated heterocycles. The third-order valence-electron chi connectivity index (χ3n) is 4.36. The SMILES string of the molecule is Cc1cc(C)cc(C(=O)NCC(=O)NC2CCC(CO)CC2)c1. The quantitative estimate of drug-likeness (QED) is 0.773. The van der Waals surface area contributed by atoms with E-state index in [1.165, 1.54) is 0 Å². The number of amides is 2. The predicted octanol–water partition coefficient (Wildman–Crippen LogP) is 1.70. The van der Waals surface area contributed by atoms with Gasteiger partial charge in [-0.15, -0.1) is 0 Å². The van der Waals surface area contributed by atoms with Gasteiger partial charge in [0.25, 0.3) is 5.91 Å². The molecule has 0 atom stereocenters. The summed E-state index contributed by atoms with van der Waals surface area (Å²) < 4.78 is 0. The molecule has 1 saturated carbocycles. The maximum absolute atomic E-state index is 12.1. The number of carbonyl (C=O) groups is 2. The molecule has 1 aromatic carbocycles. The molecule has 0 unspecified atom stereocenters. The van der Waals surface area contributed by atoms with Crippen LogP contribution < -0.4 is 10.6 Å². The first-order valence-corrected chi connectivity index (χ1v) is 8.24. The number of aryl methyl sites for hydroxylation is 2. The van der Waals surface area contributed by atoms with Gasteiger partial charge in [0.05, 0.1) is 6.54 Å². The van der Waals surface area contributed by atoms with Gasteiger partial charge in [-0.1, -0.05) is 17.2 Å². The van der Waals surface area contributed by atoms with Gasteiger partial charge < -0.3 is 15.7 Å². The minimum atomic E-state index is -0.226. The van der Waals surface area contributed by atoms with Gasteiger partial charge in [0, 0.05) is 18.2 Å². The zero-order valence-corrected chi connectivity index (χ0v) is 13.9. The van der Waals surface area contributed by atoms with E-state index in [1.54, 1.807) is 0 Å². The molecule has 0 aromatic heterocycles. The molecule has 0 bridgehead atoms. The van der Waals surface area contributed by atoms with Crippen LogP contribution in [0.15, 0.2) is 18.2 Å². The topological polar surface area (TPSA) is 78.4 Å². The van der Waals surface area contributed by atoms with E-state index in [1.807, 2.05) is 32.0 Å². The monoisotopic (exact) mass is 318 g/mol. The van der Waals surface area contributed by atoms with Crippen LogP contribution in [-0.4, -0.2) is 36.1 Å². The fraction of sp³-hybridized carbons (Fsp3) is 0.556. The van der Waals surface area contributed by atoms with E-state index in [2.05, 4.69) is 10.6 Å². The van der Waals surface area contributed by atoms with E-state index in [4.69, 9.17) is 5.11 Å². The highest BCUT2D eigenvalue weighted by Crippen LogP contribution is 2.23. The van der Waals surface area contributed by atoms with E-state index in [-0.39, 0.29) is 31.0 Å². The number of hydrogen-bond donors (Lipinski definition) is 3. The van der Waals surface area contributed by atoms with Crippen molar-refractivity contribution < 1.29 is 14.7 Å². The second-order valence-corrected chi connectivity index (χ2v) is 6.53. The molecule has 3 N–H and O–H groups in total. The molecule has 0 aliphatic heterocycles. The maximum atomic E-state index is 12.1. The highest BCUT2D eigenvalue weighted by atomic mass is 16.3. The Bertz CT molecular complexity index is 543. The highest BCUT2D eigenvalue weighted by molar-refractivity contribution is 5.96. The summed E-state index contributed by atoms with van der Waals surface area (Å²) in [7, 11) is 0. The number of carbonyl (C=O) groups excluding carboxylic acids is 2. The number of aliphatic hydroxyl groups is 1. The number of rotatable bonds is 5. The lowest BCUT2D eigenvalue weighted by Gasteiger charge is -2.27. The van der Waals surface area contributed by atoms with Gasteiger partial charge in [-0.05, 0) is 57.6 Å². The van der Waals surface area contributed by atoms with Crippen LogP contribution >= 0.6 is 0 Å². The van der Waals surface area contributed by atoms with E-state index < -0.39 is 0 Å². The first-order valence-electron chi connectivity index (χ1n) is 8.24. The third-order valence-corrected chi connectivity index (χ3v) is 4.36. The fourth-order valence-corrected chi connectivity index (χ4v) is 3.14.